The van der Waals surface area contributed by atoms with Gasteiger partial charge < -0.3 is 9.84 Å². The summed E-state index contributed by atoms with van der Waals surface area (Å²) in [6.07, 6.45) is 6.28. The van der Waals surface area contributed by atoms with Crippen molar-refractivity contribution >= 4 is 5.78 Å². The number of hydrogen-bond acceptors (Lipinski definition) is 3. The lowest BCUT2D eigenvalue weighted by molar-refractivity contribution is -0.130. The van der Waals surface area contributed by atoms with E-state index in [1.165, 1.54) is 16.7 Å². The minimum absolute atomic E-state index is 0.00218. The molecule has 1 aromatic rings. The van der Waals surface area contributed by atoms with E-state index in [1.807, 2.05) is 13.0 Å². The molecule has 0 aliphatic heterocycles. The maximum absolute atomic E-state index is 13.2. The molecule has 1 saturated carbocycles. The van der Waals surface area contributed by atoms with Gasteiger partial charge in [0.05, 0.1) is 6.61 Å². The van der Waals surface area contributed by atoms with Crippen LogP contribution in [0.1, 0.15) is 45.1 Å². The van der Waals surface area contributed by atoms with Crippen LogP contribution in [-0.2, 0) is 16.0 Å². The molecule has 0 radical (unpaired) electrons. The van der Waals surface area contributed by atoms with E-state index in [2.05, 4.69) is 37.3 Å². The largest absolute Gasteiger partial charge is 0.384 e. The molecule has 150 valence electrons. The monoisotopic (exact) mass is 380 g/mol. The highest BCUT2D eigenvalue weighted by Crippen LogP contribution is 2.53. The van der Waals surface area contributed by atoms with Gasteiger partial charge in [0.15, 0.2) is 5.78 Å². The van der Waals surface area contributed by atoms with Crippen molar-refractivity contribution in [3.8, 4) is 0 Å². The molecule has 1 fully saturated rings. The second-order valence-electron chi connectivity index (χ2n) is 9.17. The molecule has 0 bridgehead atoms. The van der Waals surface area contributed by atoms with Crippen LogP contribution in [0.3, 0.4) is 0 Å². The summed E-state index contributed by atoms with van der Waals surface area (Å²) in [5.74, 6) is 0.511. The zero-order valence-corrected chi connectivity index (χ0v) is 17.3. The Kier molecular flexibility index (Phi) is 5.32. The number of hydrogen-bond donors (Lipinski definition) is 1. The quantitative estimate of drug-likeness (QED) is 0.782. The molecule has 0 spiro atoms. The molecule has 3 aliphatic rings. The topological polar surface area (TPSA) is 46.5 Å². The van der Waals surface area contributed by atoms with Crippen molar-refractivity contribution < 1.29 is 14.6 Å². The van der Waals surface area contributed by atoms with E-state index in [4.69, 9.17) is 4.74 Å². The summed E-state index contributed by atoms with van der Waals surface area (Å²) >= 11 is 0. The fourth-order valence-electron chi connectivity index (χ4n) is 5.88. The maximum Gasteiger partial charge on any atom is 0.168 e. The third kappa shape index (κ3) is 3.29. The molecule has 1 aromatic carbocycles. The molecule has 3 aliphatic carbocycles. The highest BCUT2D eigenvalue weighted by molar-refractivity contribution is 5.89. The molecule has 1 unspecified atom stereocenters. The van der Waals surface area contributed by atoms with Crippen LogP contribution in [0.4, 0.5) is 0 Å². The first-order valence-electron chi connectivity index (χ1n) is 10.6. The van der Waals surface area contributed by atoms with Crippen LogP contribution in [0.15, 0.2) is 53.1 Å². The second-order valence-corrected chi connectivity index (χ2v) is 9.17. The third-order valence-corrected chi connectivity index (χ3v) is 7.38. The summed E-state index contributed by atoms with van der Waals surface area (Å²) in [7, 11) is 1.76. The fourth-order valence-corrected chi connectivity index (χ4v) is 5.88. The van der Waals surface area contributed by atoms with Gasteiger partial charge in [0, 0.05) is 24.4 Å². The standard InChI is InChI=1S/C25H32O3/c1-16-20-10-9-19(15-28-3)21(20)14-25(2)12-11-18(22(25)24(27)23(16)26)13-17-7-5-4-6-8-17/h4-8,14,16,19-20,24,27H,9-13,15H2,1-3H3/b21-14-/t16-,19-,20?,24-,25-/m1/s1. The van der Waals surface area contributed by atoms with E-state index in [0.717, 1.165) is 44.3 Å². The van der Waals surface area contributed by atoms with E-state index >= 15 is 0 Å². The van der Waals surface area contributed by atoms with Gasteiger partial charge in [0.1, 0.15) is 6.10 Å². The van der Waals surface area contributed by atoms with E-state index in [0.29, 0.717) is 5.92 Å². The first-order valence-corrected chi connectivity index (χ1v) is 10.6. The molecule has 0 aromatic heterocycles. The maximum atomic E-state index is 13.2. The summed E-state index contributed by atoms with van der Waals surface area (Å²) < 4.78 is 5.49. The zero-order valence-electron chi connectivity index (χ0n) is 17.3. The van der Waals surface area contributed by atoms with Crippen LogP contribution in [0.25, 0.3) is 0 Å². The lowest BCUT2D eigenvalue weighted by Crippen LogP contribution is -2.39. The van der Waals surface area contributed by atoms with Crippen molar-refractivity contribution in [2.24, 2.45) is 23.2 Å². The number of Topliss-reactive ketones (excluding diaryl/α,β-unsaturated/α-hetero) is 1. The molecule has 3 nitrogen and oxygen atoms in total. The van der Waals surface area contributed by atoms with Gasteiger partial charge in [-0.05, 0) is 49.2 Å². The van der Waals surface area contributed by atoms with E-state index in [9.17, 15) is 9.90 Å². The van der Waals surface area contributed by atoms with Crippen molar-refractivity contribution in [3.05, 3.63) is 58.7 Å². The average molecular weight is 381 g/mol. The number of aliphatic hydroxyl groups is 1. The summed E-state index contributed by atoms with van der Waals surface area (Å²) in [5.41, 5.74) is 4.63. The van der Waals surface area contributed by atoms with Gasteiger partial charge >= 0.3 is 0 Å². The molecule has 0 saturated heterocycles. The van der Waals surface area contributed by atoms with Crippen LogP contribution in [0.5, 0.6) is 0 Å². The lowest BCUT2D eigenvalue weighted by Gasteiger charge is -2.36. The Morgan fingerprint density at radius 3 is 2.68 bits per heavy atom. The highest BCUT2D eigenvalue weighted by atomic mass is 16.5. The molecule has 28 heavy (non-hydrogen) atoms. The predicted molar refractivity (Wildman–Crippen MR) is 111 cm³/mol. The van der Waals surface area contributed by atoms with Crippen molar-refractivity contribution in [1.29, 1.82) is 0 Å². The number of rotatable bonds is 4. The number of carbonyl (C=O) groups excluding carboxylic acids is 1. The number of aliphatic hydroxyl groups excluding tert-OH is 1. The fraction of sp³-hybridized carbons (Fsp3) is 0.560. The minimum atomic E-state index is -0.972. The SMILES string of the molecule is COC[C@H]1CCC2/C1=C\[C@@]1(C)CCC(Cc3ccccc3)=C1[C@@H](O)C(=O)[C@@H]2C. The molecule has 5 atom stereocenters. The van der Waals surface area contributed by atoms with Crippen LogP contribution < -0.4 is 0 Å². The van der Waals surface area contributed by atoms with Crippen LogP contribution in [0, 0.1) is 23.2 Å². The first kappa shape index (κ1) is 19.6. The van der Waals surface area contributed by atoms with Crippen molar-refractivity contribution in [2.75, 3.05) is 13.7 Å². The Morgan fingerprint density at radius 1 is 1.21 bits per heavy atom. The van der Waals surface area contributed by atoms with Gasteiger partial charge in [-0.2, -0.15) is 0 Å². The number of ether oxygens (including phenoxy) is 1. The average Bonchev–Trinajstić information content (AvgIpc) is 3.22. The van der Waals surface area contributed by atoms with E-state index in [1.54, 1.807) is 7.11 Å². The van der Waals surface area contributed by atoms with Gasteiger partial charge in [-0.1, -0.05) is 61.4 Å². The zero-order chi connectivity index (χ0) is 19.9. The molecule has 1 N–H and O–H groups in total. The third-order valence-electron chi connectivity index (χ3n) is 7.38. The number of methoxy groups -OCH3 is 1. The number of fused-ring (bicyclic) bond motifs is 2. The Labute approximate surface area is 168 Å². The Balaban J connectivity index is 1.79. The number of ketones is 1. The van der Waals surface area contributed by atoms with Crippen molar-refractivity contribution in [1.82, 2.24) is 0 Å². The molecule has 3 heteroatoms. The summed E-state index contributed by atoms with van der Waals surface area (Å²) in [4.78, 5) is 13.2. The Hall–Kier alpha value is -1.71. The van der Waals surface area contributed by atoms with Gasteiger partial charge in [-0.25, -0.2) is 0 Å². The Morgan fingerprint density at radius 2 is 1.96 bits per heavy atom. The molecule has 4 rings (SSSR count). The highest BCUT2D eigenvalue weighted by Gasteiger charge is 2.48. The van der Waals surface area contributed by atoms with Crippen LogP contribution in [-0.4, -0.2) is 30.7 Å². The van der Waals surface area contributed by atoms with Gasteiger partial charge in [-0.15, -0.1) is 0 Å². The van der Waals surface area contributed by atoms with Crippen molar-refractivity contribution in [3.63, 3.8) is 0 Å². The van der Waals surface area contributed by atoms with Crippen molar-refractivity contribution in [2.45, 2.75) is 52.1 Å². The molecular weight excluding hydrogens is 348 g/mol. The van der Waals surface area contributed by atoms with Gasteiger partial charge in [0.2, 0.25) is 0 Å². The smallest absolute Gasteiger partial charge is 0.168 e. The first-order chi connectivity index (χ1) is 13.4. The van der Waals surface area contributed by atoms with E-state index < -0.39 is 6.10 Å². The number of benzene rings is 1. The Bertz CT molecular complexity index is 806. The predicted octanol–water partition coefficient (Wildman–Crippen LogP) is 4.50. The van der Waals surface area contributed by atoms with Crippen LogP contribution in [0.2, 0.25) is 0 Å². The van der Waals surface area contributed by atoms with Gasteiger partial charge in [-0.3, -0.25) is 4.79 Å². The molecule has 0 heterocycles. The second kappa shape index (κ2) is 7.61. The van der Waals surface area contributed by atoms with E-state index in [-0.39, 0.29) is 23.0 Å². The summed E-state index contributed by atoms with van der Waals surface area (Å²) in [5, 5.41) is 11.2. The molecular formula is C25H32O3. The van der Waals surface area contributed by atoms with Gasteiger partial charge in [0.25, 0.3) is 0 Å². The number of allylic oxidation sites excluding steroid dienone is 2. The van der Waals surface area contributed by atoms with Crippen LogP contribution >= 0.6 is 0 Å². The molecule has 0 amide bonds. The normalized spacial score (nSPS) is 37.1. The lowest BCUT2D eigenvalue weighted by atomic mass is 9.69. The number of carbonyl (C=O) groups is 1. The summed E-state index contributed by atoms with van der Waals surface area (Å²) in [6.45, 7) is 4.95. The minimum Gasteiger partial charge on any atom is -0.384 e. The summed E-state index contributed by atoms with van der Waals surface area (Å²) in [6, 6.07) is 10.4.